The van der Waals surface area contributed by atoms with E-state index < -0.39 is 25.1 Å². The normalized spacial score (nSPS) is 22.2. The molecule has 0 spiro atoms. The Bertz CT molecular complexity index is 1070. The second kappa shape index (κ2) is 13.6. The standard InChI is InChI=1S/C28H39BN4O5/c1-18(2)14-23(29-37-21(5)19(3)33(6)20(4)28(36)38-29)16-26(34)24(15-22-10-8-7-9-11-22)32-27(35)25-17-30-12-13-31-25/h7-13,17-21,23-24H,14-16H2,1-6H3,(H,32,35)/t19-,20+,21-,23-,24+/m1/s1. The molecule has 5 atom stereocenters. The van der Waals surface area contributed by atoms with Crippen LogP contribution in [0.1, 0.15) is 63.5 Å². The van der Waals surface area contributed by atoms with Gasteiger partial charge in [-0.1, -0.05) is 44.2 Å². The molecule has 1 aliphatic rings. The summed E-state index contributed by atoms with van der Waals surface area (Å²) in [6.07, 6.45) is 5.08. The zero-order chi connectivity index (χ0) is 27.8. The molecule has 0 radical (unpaired) electrons. The van der Waals surface area contributed by atoms with E-state index in [0.717, 1.165) is 5.56 Å². The predicted molar refractivity (Wildman–Crippen MR) is 145 cm³/mol. The third kappa shape index (κ3) is 7.95. The van der Waals surface area contributed by atoms with Gasteiger partial charge in [0.2, 0.25) is 0 Å². The van der Waals surface area contributed by atoms with Gasteiger partial charge < -0.3 is 14.6 Å². The number of amides is 1. The zero-order valence-corrected chi connectivity index (χ0v) is 23.2. The largest absolute Gasteiger partial charge is 0.531 e. The summed E-state index contributed by atoms with van der Waals surface area (Å²) in [6, 6.07) is 8.27. The number of rotatable bonds is 10. The van der Waals surface area contributed by atoms with Crippen molar-refractivity contribution in [2.75, 3.05) is 7.05 Å². The maximum Gasteiger partial charge on any atom is 0.531 e. The molecule has 1 fully saturated rings. The number of aromatic nitrogens is 2. The fraction of sp³-hybridized carbons (Fsp3) is 0.536. The summed E-state index contributed by atoms with van der Waals surface area (Å²) in [5.74, 6) is -1.15. The first kappa shape index (κ1) is 29.5. The molecule has 0 saturated carbocycles. The molecular formula is C28H39BN4O5. The minimum atomic E-state index is -0.865. The number of likely N-dealkylation sites (N-methyl/N-ethyl adjacent to an activating group) is 1. The SMILES string of the molecule is CC(C)C[C@H](CC(=O)[C@H](Cc1ccccc1)NC(=O)c1cnccn1)B1OC(=O)[C@H](C)N(C)[C@H](C)[C@@H](C)O1. The predicted octanol–water partition coefficient (Wildman–Crippen LogP) is 3.35. The molecule has 1 amide bonds. The Hall–Kier alpha value is -3.11. The van der Waals surface area contributed by atoms with Crippen molar-refractivity contribution in [3.8, 4) is 0 Å². The summed E-state index contributed by atoms with van der Waals surface area (Å²) in [6.45, 7) is 9.89. The molecular weight excluding hydrogens is 483 g/mol. The number of ketones is 1. The van der Waals surface area contributed by atoms with Crippen molar-refractivity contribution in [2.24, 2.45) is 5.92 Å². The average molecular weight is 522 g/mol. The molecule has 38 heavy (non-hydrogen) atoms. The molecule has 1 N–H and O–H groups in total. The third-order valence-corrected chi connectivity index (χ3v) is 7.25. The Balaban J connectivity index is 1.85. The van der Waals surface area contributed by atoms with Crippen LogP contribution in [0.15, 0.2) is 48.9 Å². The van der Waals surface area contributed by atoms with E-state index in [1.165, 1.54) is 18.6 Å². The van der Waals surface area contributed by atoms with Gasteiger partial charge in [-0.2, -0.15) is 0 Å². The Labute approximate surface area is 225 Å². The molecule has 2 heterocycles. The van der Waals surface area contributed by atoms with Crippen molar-refractivity contribution in [2.45, 2.75) is 83.9 Å². The molecule has 204 valence electrons. The number of nitrogens with zero attached hydrogens (tertiary/aromatic N) is 3. The van der Waals surface area contributed by atoms with Crippen LogP contribution in [0.25, 0.3) is 0 Å². The Morgan fingerprint density at radius 3 is 2.47 bits per heavy atom. The van der Waals surface area contributed by atoms with E-state index >= 15 is 0 Å². The number of hydrogen-bond acceptors (Lipinski definition) is 8. The van der Waals surface area contributed by atoms with E-state index in [1.807, 2.05) is 63.1 Å². The van der Waals surface area contributed by atoms with Gasteiger partial charge in [0.15, 0.2) is 5.78 Å². The van der Waals surface area contributed by atoms with Crippen LogP contribution >= 0.6 is 0 Å². The van der Waals surface area contributed by atoms with Crippen LogP contribution in [0.2, 0.25) is 5.82 Å². The van der Waals surface area contributed by atoms with Crippen molar-refractivity contribution in [3.05, 3.63) is 60.2 Å². The van der Waals surface area contributed by atoms with E-state index in [2.05, 4.69) is 29.1 Å². The van der Waals surface area contributed by atoms with Gasteiger partial charge in [0.05, 0.1) is 18.3 Å². The van der Waals surface area contributed by atoms with Gasteiger partial charge in [-0.05, 0) is 52.1 Å². The minimum Gasteiger partial charge on any atom is -0.508 e. The Morgan fingerprint density at radius 1 is 1.13 bits per heavy atom. The summed E-state index contributed by atoms with van der Waals surface area (Å²) < 4.78 is 12.1. The summed E-state index contributed by atoms with van der Waals surface area (Å²) in [4.78, 5) is 49.6. The smallest absolute Gasteiger partial charge is 0.508 e. The van der Waals surface area contributed by atoms with Gasteiger partial charge >= 0.3 is 13.1 Å². The van der Waals surface area contributed by atoms with Crippen LogP contribution in [0.4, 0.5) is 0 Å². The van der Waals surface area contributed by atoms with Crippen molar-refractivity contribution >= 4 is 24.8 Å². The van der Waals surface area contributed by atoms with Crippen LogP contribution in [-0.4, -0.2) is 70.9 Å². The number of nitrogens with one attached hydrogen (secondary N) is 1. The molecule has 1 aromatic heterocycles. The average Bonchev–Trinajstić information content (AvgIpc) is 2.90. The van der Waals surface area contributed by atoms with E-state index in [0.29, 0.717) is 12.8 Å². The molecule has 3 rings (SSSR count). The number of carbonyl (C=O) groups is 3. The maximum absolute atomic E-state index is 13.8. The van der Waals surface area contributed by atoms with E-state index in [-0.39, 0.29) is 47.7 Å². The maximum atomic E-state index is 13.8. The monoisotopic (exact) mass is 522 g/mol. The first-order valence-corrected chi connectivity index (χ1v) is 13.3. The topological polar surface area (TPSA) is 111 Å². The summed E-state index contributed by atoms with van der Waals surface area (Å²) in [7, 11) is 1.01. The summed E-state index contributed by atoms with van der Waals surface area (Å²) >= 11 is 0. The molecule has 2 aromatic rings. The van der Waals surface area contributed by atoms with Crippen LogP contribution in [-0.2, 0) is 25.3 Å². The van der Waals surface area contributed by atoms with Crippen LogP contribution in [0.3, 0.4) is 0 Å². The molecule has 1 saturated heterocycles. The summed E-state index contributed by atoms with van der Waals surface area (Å²) in [5.41, 5.74) is 1.05. The minimum absolute atomic E-state index is 0.0205. The second-order valence-corrected chi connectivity index (χ2v) is 10.6. The lowest BCUT2D eigenvalue weighted by Crippen LogP contribution is -2.54. The number of carbonyl (C=O) groups excluding carboxylic acids is 3. The van der Waals surface area contributed by atoms with Gasteiger partial charge in [0.1, 0.15) is 11.7 Å². The van der Waals surface area contributed by atoms with Gasteiger partial charge in [-0.25, -0.2) is 4.98 Å². The Kier molecular flexibility index (Phi) is 10.6. The highest BCUT2D eigenvalue weighted by Gasteiger charge is 2.43. The lowest BCUT2D eigenvalue weighted by Gasteiger charge is -2.39. The lowest BCUT2D eigenvalue weighted by molar-refractivity contribution is -0.146. The Morgan fingerprint density at radius 2 is 1.84 bits per heavy atom. The van der Waals surface area contributed by atoms with Crippen molar-refractivity contribution in [1.29, 1.82) is 0 Å². The van der Waals surface area contributed by atoms with Gasteiger partial charge in [0, 0.05) is 30.7 Å². The van der Waals surface area contributed by atoms with E-state index in [4.69, 9.17) is 9.31 Å². The molecule has 0 aliphatic carbocycles. The number of hydrogen-bond donors (Lipinski definition) is 1. The van der Waals surface area contributed by atoms with Crippen molar-refractivity contribution in [1.82, 2.24) is 20.2 Å². The van der Waals surface area contributed by atoms with Gasteiger partial charge in [0.25, 0.3) is 5.91 Å². The molecule has 0 unspecified atom stereocenters. The zero-order valence-electron chi connectivity index (χ0n) is 23.2. The number of benzene rings is 1. The molecule has 0 bridgehead atoms. The quantitative estimate of drug-likeness (QED) is 0.473. The van der Waals surface area contributed by atoms with Crippen molar-refractivity contribution < 1.29 is 23.7 Å². The van der Waals surface area contributed by atoms with Gasteiger partial charge in [-0.3, -0.25) is 24.3 Å². The second-order valence-electron chi connectivity index (χ2n) is 10.6. The molecule has 1 aromatic carbocycles. The van der Waals surface area contributed by atoms with Crippen LogP contribution in [0.5, 0.6) is 0 Å². The van der Waals surface area contributed by atoms with E-state index in [9.17, 15) is 14.4 Å². The van der Waals surface area contributed by atoms with E-state index in [1.54, 1.807) is 0 Å². The lowest BCUT2D eigenvalue weighted by atomic mass is 9.64. The highest BCUT2D eigenvalue weighted by molar-refractivity contribution is 6.49. The third-order valence-electron chi connectivity index (χ3n) is 7.25. The molecule has 10 heteroatoms. The highest BCUT2D eigenvalue weighted by atomic mass is 16.6. The molecule has 9 nitrogen and oxygen atoms in total. The first-order chi connectivity index (χ1) is 18.1. The first-order valence-electron chi connectivity index (χ1n) is 13.3. The molecule has 1 aliphatic heterocycles. The fourth-order valence-electron chi connectivity index (χ4n) is 4.66. The highest BCUT2D eigenvalue weighted by Crippen LogP contribution is 2.30. The number of Topliss-reactive ketones (excluding diaryl/α,β-unsaturated/α-hetero) is 1. The van der Waals surface area contributed by atoms with Gasteiger partial charge in [-0.15, -0.1) is 0 Å². The van der Waals surface area contributed by atoms with Crippen molar-refractivity contribution in [3.63, 3.8) is 0 Å². The van der Waals surface area contributed by atoms with Crippen LogP contribution in [0, 0.1) is 5.92 Å². The van der Waals surface area contributed by atoms with Crippen LogP contribution < -0.4 is 5.32 Å². The fourth-order valence-corrected chi connectivity index (χ4v) is 4.66. The summed E-state index contributed by atoms with van der Waals surface area (Å²) in [5, 5.41) is 2.86.